The molecule has 7 nitrogen and oxygen atoms in total. The molecule has 0 radical (unpaired) electrons. The Hall–Kier alpha value is -2.38. The number of rotatable bonds is 7. The van der Waals surface area contributed by atoms with E-state index in [9.17, 15) is 9.90 Å². The van der Waals surface area contributed by atoms with Crippen LogP contribution in [0, 0.1) is 11.8 Å². The highest BCUT2D eigenvalue weighted by molar-refractivity contribution is 6.31. The fourth-order valence-electron chi connectivity index (χ4n) is 3.49. The first-order valence-electron chi connectivity index (χ1n) is 9.39. The third-order valence-electron chi connectivity index (χ3n) is 5.16. The van der Waals surface area contributed by atoms with Crippen LogP contribution >= 0.6 is 11.6 Å². The second-order valence-corrected chi connectivity index (χ2v) is 7.55. The van der Waals surface area contributed by atoms with E-state index in [2.05, 4.69) is 14.9 Å². The Kier molecular flexibility index (Phi) is 5.37. The van der Waals surface area contributed by atoms with E-state index >= 15 is 0 Å². The molecule has 0 amide bonds. The number of carbonyl (C=O) groups is 1. The Morgan fingerprint density at radius 2 is 2.14 bits per heavy atom. The highest BCUT2D eigenvalue weighted by Gasteiger charge is 2.46. The molecule has 1 saturated heterocycles. The van der Waals surface area contributed by atoms with Crippen molar-refractivity contribution < 1.29 is 19.4 Å². The average molecular weight is 404 g/mol. The van der Waals surface area contributed by atoms with Crippen LogP contribution in [0.1, 0.15) is 34.8 Å². The molecule has 28 heavy (non-hydrogen) atoms. The first-order chi connectivity index (χ1) is 13.6. The number of aliphatic hydroxyl groups is 1. The van der Waals surface area contributed by atoms with Crippen molar-refractivity contribution in [1.29, 1.82) is 0 Å². The lowest BCUT2D eigenvalue weighted by atomic mass is 10.1. The van der Waals surface area contributed by atoms with Gasteiger partial charge in [0, 0.05) is 18.1 Å². The summed E-state index contributed by atoms with van der Waals surface area (Å²) >= 11 is 6.14. The molecular formula is C20H22ClN3O4. The standard InChI is InChI=1S/C20H22ClN3O4/c1-2-27-19(26)16-7-22-20(24-8-14-6-15(14)9-24)23-18(16)28-11-12-3-4-13(10-25)17(21)5-12/h3-5,7,14-15,25H,2,6,8-11H2,1H3. The number of hydrogen-bond acceptors (Lipinski definition) is 7. The molecule has 8 heteroatoms. The lowest BCUT2D eigenvalue weighted by molar-refractivity contribution is 0.0519. The molecule has 0 spiro atoms. The molecule has 2 heterocycles. The number of esters is 1. The summed E-state index contributed by atoms with van der Waals surface area (Å²) in [5.74, 6) is 1.74. The summed E-state index contributed by atoms with van der Waals surface area (Å²) < 4.78 is 11.0. The fraction of sp³-hybridized carbons (Fsp3) is 0.450. The largest absolute Gasteiger partial charge is 0.472 e. The van der Waals surface area contributed by atoms with Crippen molar-refractivity contribution in [2.24, 2.45) is 11.8 Å². The highest BCUT2D eigenvalue weighted by Crippen LogP contribution is 2.45. The summed E-state index contributed by atoms with van der Waals surface area (Å²) in [5.41, 5.74) is 1.65. The van der Waals surface area contributed by atoms with Crippen molar-refractivity contribution in [1.82, 2.24) is 9.97 Å². The van der Waals surface area contributed by atoms with Crippen molar-refractivity contribution in [2.45, 2.75) is 26.6 Å². The maximum absolute atomic E-state index is 12.3. The maximum Gasteiger partial charge on any atom is 0.345 e. The van der Waals surface area contributed by atoms with Crippen LogP contribution in [0.4, 0.5) is 5.95 Å². The van der Waals surface area contributed by atoms with Crippen LogP contribution in [0.3, 0.4) is 0 Å². The van der Waals surface area contributed by atoms with Gasteiger partial charge in [0.15, 0.2) is 0 Å². The maximum atomic E-state index is 12.3. The second kappa shape index (κ2) is 7.93. The average Bonchev–Trinajstić information content (AvgIpc) is 3.31. The normalized spacial score (nSPS) is 20.0. The molecule has 148 valence electrons. The van der Waals surface area contributed by atoms with E-state index in [1.165, 1.54) is 12.6 Å². The number of ether oxygens (including phenoxy) is 2. The van der Waals surface area contributed by atoms with Gasteiger partial charge < -0.3 is 19.5 Å². The van der Waals surface area contributed by atoms with Gasteiger partial charge in [0.25, 0.3) is 0 Å². The predicted molar refractivity (Wildman–Crippen MR) is 104 cm³/mol. The smallest absolute Gasteiger partial charge is 0.345 e. The molecule has 1 N–H and O–H groups in total. The van der Waals surface area contributed by atoms with Gasteiger partial charge in [-0.15, -0.1) is 0 Å². The molecule has 4 rings (SSSR count). The summed E-state index contributed by atoms with van der Waals surface area (Å²) in [6.45, 7) is 3.95. The predicted octanol–water partition coefficient (Wildman–Crippen LogP) is 2.83. The quantitative estimate of drug-likeness (QED) is 0.711. The monoisotopic (exact) mass is 403 g/mol. The highest BCUT2D eigenvalue weighted by atomic mass is 35.5. The van der Waals surface area contributed by atoms with E-state index in [1.54, 1.807) is 19.1 Å². The van der Waals surface area contributed by atoms with Gasteiger partial charge in [0.2, 0.25) is 11.8 Å². The fourth-order valence-corrected chi connectivity index (χ4v) is 3.75. The molecule has 2 fully saturated rings. The lowest BCUT2D eigenvalue weighted by Gasteiger charge is -2.19. The third-order valence-corrected chi connectivity index (χ3v) is 5.51. The van der Waals surface area contributed by atoms with Gasteiger partial charge in [-0.1, -0.05) is 23.7 Å². The van der Waals surface area contributed by atoms with Crippen LogP contribution in [0.25, 0.3) is 0 Å². The summed E-state index contributed by atoms with van der Waals surface area (Å²) in [7, 11) is 0. The summed E-state index contributed by atoms with van der Waals surface area (Å²) in [4.78, 5) is 23.3. The van der Waals surface area contributed by atoms with Gasteiger partial charge >= 0.3 is 5.97 Å². The number of aromatic nitrogens is 2. The van der Waals surface area contributed by atoms with Gasteiger partial charge in [-0.3, -0.25) is 0 Å². The molecule has 1 aliphatic heterocycles. The molecule has 2 atom stereocenters. The molecule has 1 aliphatic carbocycles. The Morgan fingerprint density at radius 1 is 1.36 bits per heavy atom. The summed E-state index contributed by atoms with van der Waals surface area (Å²) in [6.07, 6.45) is 2.76. The van der Waals surface area contributed by atoms with E-state index in [0.717, 1.165) is 30.5 Å². The number of piperidine rings is 1. The number of fused-ring (bicyclic) bond motifs is 1. The van der Waals surface area contributed by atoms with E-state index in [0.29, 0.717) is 16.5 Å². The van der Waals surface area contributed by atoms with Crippen LogP contribution in [-0.2, 0) is 18.0 Å². The number of halogens is 1. The Balaban J connectivity index is 1.55. The van der Waals surface area contributed by atoms with E-state index in [-0.39, 0.29) is 31.3 Å². The number of benzene rings is 1. The van der Waals surface area contributed by atoms with Crippen LogP contribution in [0.2, 0.25) is 5.02 Å². The molecule has 2 aliphatic rings. The minimum absolute atomic E-state index is 0.125. The SMILES string of the molecule is CCOC(=O)c1cnc(N2CC3CC3C2)nc1OCc1ccc(CO)c(Cl)c1. The number of aliphatic hydroxyl groups excluding tert-OH is 1. The summed E-state index contributed by atoms with van der Waals surface area (Å²) in [6, 6.07) is 5.29. The minimum atomic E-state index is -0.512. The number of carbonyl (C=O) groups excluding carboxylic acids is 1. The molecule has 0 bridgehead atoms. The molecule has 2 aromatic rings. The van der Waals surface area contributed by atoms with E-state index in [1.807, 2.05) is 6.07 Å². The molecule has 1 saturated carbocycles. The third kappa shape index (κ3) is 3.91. The number of hydrogen-bond donors (Lipinski definition) is 1. The first-order valence-corrected chi connectivity index (χ1v) is 9.77. The molecular weight excluding hydrogens is 382 g/mol. The van der Waals surface area contributed by atoms with Gasteiger partial charge in [0.05, 0.1) is 19.4 Å². The minimum Gasteiger partial charge on any atom is -0.472 e. The zero-order valence-corrected chi connectivity index (χ0v) is 16.4. The van der Waals surface area contributed by atoms with Crippen molar-refractivity contribution in [3.05, 3.63) is 46.1 Å². The molecule has 2 unspecified atom stereocenters. The van der Waals surface area contributed by atoms with Gasteiger partial charge in [-0.05, 0) is 42.4 Å². The topological polar surface area (TPSA) is 84.8 Å². The summed E-state index contributed by atoms with van der Waals surface area (Å²) in [5, 5.41) is 9.70. The van der Waals surface area contributed by atoms with Crippen molar-refractivity contribution >= 4 is 23.5 Å². The first kappa shape index (κ1) is 19.0. The number of nitrogens with zero attached hydrogens (tertiary/aromatic N) is 3. The van der Waals surface area contributed by atoms with Crippen LogP contribution < -0.4 is 9.64 Å². The van der Waals surface area contributed by atoms with E-state index < -0.39 is 5.97 Å². The van der Waals surface area contributed by atoms with Crippen LogP contribution in [0.15, 0.2) is 24.4 Å². The second-order valence-electron chi connectivity index (χ2n) is 7.14. The van der Waals surface area contributed by atoms with E-state index in [4.69, 9.17) is 21.1 Å². The van der Waals surface area contributed by atoms with Gasteiger partial charge in [0.1, 0.15) is 12.2 Å². The lowest BCUT2D eigenvalue weighted by Crippen LogP contribution is -2.24. The van der Waals surface area contributed by atoms with Crippen molar-refractivity contribution in [3.8, 4) is 5.88 Å². The molecule has 1 aromatic carbocycles. The van der Waals surface area contributed by atoms with Crippen molar-refractivity contribution in [3.63, 3.8) is 0 Å². The Bertz CT molecular complexity index is 882. The number of anilines is 1. The molecule has 1 aromatic heterocycles. The van der Waals surface area contributed by atoms with Gasteiger partial charge in [-0.25, -0.2) is 9.78 Å². The zero-order valence-electron chi connectivity index (χ0n) is 15.6. The van der Waals surface area contributed by atoms with Crippen LogP contribution in [-0.4, -0.2) is 40.7 Å². The Labute approximate surface area is 168 Å². The van der Waals surface area contributed by atoms with Crippen molar-refractivity contribution in [2.75, 3.05) is 24.6 Å². The van der Waals surface area contributed by atoms with Crippen LogP contribution in [0.5, 0.6) is 5.88 Å². The van der Waals surface area contributed by atoms with Gasteiger partial charge in [-0.2, -0.15) is 4.98 Å². The Morgan fingerprint density at radius 3 is 2.82 bits per heavy atom. The zero-order chi connectivity index (χ0) is 19.7.